The van der Waals surface area contributed by atoms with Crippen molar-refractivity contribution in [2.75, 3.05) is 0 Å². The van der Waals surface area contributed by atoms with Crippen LogP contribution in [0.3, 0.4) is 0 Å². The van der Waals surface area contributed by atoms with E-state index >= 15 is 0 Å². The van der Waals surface area contributed by atoms with Crippen LogP contribution >= 0.6 is 0 Å². The molecule has 5 nitrogen and oxygen atoms in total. The molecule has 1 N–H and O–H groups in total. The molecule has 2 unspecified atom stereocenters. The first-order valence-corrected chi connectivity index (χ1v) is 7.66. The van der Waals surface area contributed by atoms with Crippen molar-refractivity contribution in [3.63, 3.8) is 0 Å². The molecule has 116 valence electrons. The summed E-state index contributed by atoms with van der Waals surface area (Å²) in [6.07, 6.45) is 4.99. The van der Waals surface area contributed by atoms with Crippen LogP contribution in [0.15, 0.2) is 18.2 Å². The second kappa shape index (κ2) is 6.89. The number of nitrogens with zero attached hydrogens (tertiary/aromatic N) is 1. The molecule has 0 aromatic heterocycles. The number of non-ortho nitro benzene ring substituents is 1. The molecule has 2 rings (SSSR count). The van der Waals surface area contributed by atoms with E-state index in [1.807, 2.05) is 0 Å². The van der Waals surface area contributed by atoms with Crippen LogP contribution in [0.4, 0.5) is 5.69 Å². The maximum Gasteiger partial charge on any atom is 0.270 e. The normalized spacial score (nSPS) is 23.6. The molecule has 5 heteroatoms. The lowest BCUT2D eigenvalue weighted by molar-refractivity contribution is -0.385. The predicted molar refractivity (Wildman–Crippen MR) is 80.4 cm³/mol. The van der Waals surface area contributed by atoms with Gasteiger partial charge in [-0.15, -0.1) is 0 Å². The Balaban J connectivity index is 2.24. The molecule has 0 aliphatic heterocycles. The minimum absolute atomic E-state index is 0.0195. The lowest BCUT2D eigenvalue weighted by atomic mass is 9.84. The summed E-state index contributed by atoms with van der Waals surface area (Å²) in [6, 6.07) is 4.45. The number of hydrogen-bond acceptors (Lipinski definition) is 4. The molecule has 0 spiro atoms. The van der Waals surface area contributed by atoms with Gasteiger partial charge in [-0.3, -0.25) is 10.1 Å². The third kappa shape index (κ3) is 3.73. The maximum atomic E-state index is 10.9. The SMILES string of the molecule is CCC1CCCCC1Oc1ccc([N+](=O)[O-])cc1[C@@H](C)O. The summed E-state index contributed by atoms with van der Waals surface area (Å²) < 4.78 is 6.10. The highest BCUT2D eigenvalue weighted by Gasteiger charge is 2.27. The molecule has 1 aliphatic carbocycles. The molecule has 0 bridgehead atoms. The Morgan fingerprint density at radius 1 is 1.43 bits per heavy atom. The fourth-order valence-corrected chi connectivity index (χ4v) is 3.04. The van der Waals surface area contributed by atoms with Gasteiger partial charge in [0.15, 0.2) is 0 Å². The van der Waals surface area contributed by atoms with E-state index in [2.05, 4.69) is 6.92 Å². The van der Waals surface area contributed by atoms with Crippen LogP contribution in [0, 0.1) is 16.0 Å². The van der Waals surface area contributed by atoms with Crippen molar-refractivity contribution in [1.29, 1.82) is 0 Å². The van der Waals surface area contributed by atoms with Gasteiger partial charge in [-0.1, -0.05) is 13.3 Å². The van der Waals surface area contributed by atoms with E-state index < -0.39 is 11.0 Å². The van der Waals surface area contributed by atoms with Crippen molar-refractivity contribution in [3.05, 3.63) is 33.9 Å². The van der Waals surface area contributed by atoms with Gasteiger partial charge < -0.3 is 9.84 Å². The van der Waals surface area contributed by atoms with Gasteiger partial charge in [-0.05, 0) is 44.6 Å². The zero-order chi connectivity index (χ0) is 15.4. The summed E-state index contributed by atoms with van der Waals surface area (Å²) in [6.45, 7) is 3.77. The summed E-state index contributed by atoms with van der Waals surface area (Å²) >= 11 is 0. The number of nitro groups is 1. The standard InChI is InChI=1S/C16H23NO4/c1-3-12-6-4-5-7-15(12)21-16-9-8-13(17(19)20)10-14(16)11(2)18/h8-12,15,18H,3-7H2,1-2H3/t11-,12?,15?/m1/s1. The molecule has 1 aliphatic rings. The molecular formula is C16H23NO4. The van der Waals surface area contributed by atoms with Gasteiger partial charge >= 0.3 is 0 Å². The molecule has 0 heterocycles. The highest BCUT2D eigenvalue weighted by molar-refractivity contribution is 5.45. The third-order valence-corrected chi connectivity index (χ3v) is 4.30. The Morgan fingerprint density at radius 3 is 2.76 bits per heavy atom. The number of hydrogen-bond donors (Lipinski definition) is 1. The highest BCUT2D eigenvalue weighted by atomic mass is 16.6. The molecule has 3 atom stereocenters. The number of aliphatic hydroxyl groups is 1. The van der Waals surface area contributed by atoms with E-state index in [0.717, 1.165) is 25.7 Å². The van der Waals surface area contributed by atoms with Crippen molar-refractivity contribution in [1.82, 2.24) is 0 Å². The minimum atomic E-state index is -0.788. The molecule has 0 radical (unpaired) electrons. The fourth-order valence-electron chi connectivity index (χ4n) is 3.04. The summed E-state index contributed by atoms with van der Waals surface area (Å²) in [7, 11) is 0. The zero-order valence-electron chi connectivity index (χ0n) is 12.6. The predicted octanol–water partition coefficient (Wildman–Crippen LogP) is 4.00. The molecule has 1 saturated carbocycles. The highest BCUT2D eigenvalue weighted by Crippen LogP contribution is 2.35. The monoisotopic (exact) mass is 293 g/mol. The first-order chi connectivity index (χ1) is 10.0. The molecule has 0 amide bonds. The zero-order valence-corrected chi connectivity index (χ0v) is 12.6. The van der Waals surface area contributed by atoms with Crippen LogP contribution in [0.2, 0.25) is 0 Å². The summed E-state index contributed by atoms with van der Waals surface area (Å²) in [4.78, 5) is 10.4. The van der Waals surface area contributed by atoms with E-state index in [4.69, 9.17) is 4.74 Å². The Bertz CT molecular complexity index is 501. The number of benzene rings is 1. The lowest BCUT2D eigenvalue weighted by Crippen LogP contribution is -2.30. The van der Waals surface area contributed by atoms with Crippen LogP contribution in [0.5, 0.6) is 5.75 Å². The smallest absolute Gasteiger partial charge is 0.270 e. The largest absolute Gasteiger partial charge is 0.490 e. The number of aliphatic hydroxyl groups excluding tert-OH is 1. The van der Waals surface area contributed by atoms with Crippen LogP contribution in [0.1, 0.15) is 57.6 Å². The van der Waals surface area contributed by atoms with E-state index in [-0.39, 0.29) is 11.8 Å². The van der Waals surface area contributed by atoms with Gasteiger partial charge in [0.25, 0.3) is 5.69 Å². The molecule has 1 aromatic rings. The molecule has 0 saturated heterocycles. The second-order valence-corrected chi connectivity index (χ2v) is 5.76. The Labute approximate surface area is 125 Å². The fraction of sp³-hybridized carbons (Fsp3) is 0.625. The summed E-state index contributed by atoms with van der Waals surface area (Å²) in [5, 5.41) is 20.7. The van der Waals surface area contributed by atoms with Crippen LogP contribution < -0.4 is 4.74 Å². The first-order valence-electron chi connectivity index (χ1n) is 7.66. The van der Waals surface area contributed by atoms with Crippen molar-refractivity contribution >= 4 is 5.69 Å². The van der Waals surface area contributed by atoms with Gasteiger partial charge in [0.1, 0.15) is 11.9 Å². The van der Waals surface area contributed by atoms with Gasteiger partial charge in [-0.25, -0.2) is 0 Å². The van der Waals surface area contributed by atoms with E-state index in [0.29, 0.717) is 17.2 Å². The number of rotatable bonds is 5. The third-order valence-electron chi connectivity index (χ3n) is 4.30. The van der Waals surface area contributed by atoms with E-state index in [1.54, 1.807) is 13.0 Å². The van der Waals surface area contributed by atoms with Crippen LogP contribution in [-0.4, -0.2) is 16.1 Å². The second-order valence-electron chi connectivity index (χ2n) is 5.76. The summed E-state index contributed by atoms with van der Waals surface area (Å²) in [5.41, 5.74) is 0.471. The number of nitro benzene ring substituents is 1. The maximum absolute atomic E-state index is 10.9. The van der Waals surface area contributed by atoms with Crippen molar-refractivity contribution in [2.24, 2.45) is 5.92 Å². The van der Waals surface area contributed by atoms with Gasteiger partial charge in [-0.2, -0.15) is 0 Å². The Morgan fingerprint density at radius 2 is 2.14 bits per heavy atom. The van der Waals surface area contributed by atoms with Crippen molar-refractivity contribution < 1.29 is 14.8 Å². The first kappa shape index (κ1) is 15.8. The molecule has 1 fully saturated rings. The van der Waals surface area contributed by atoms with Gasteiger partial charge in [0.2, 0.25) is 0 Å². The van der Waals surface area contributed by atoms with Gasteiger partial charge in [0.05, 0.1) is 11.0 Å². The molecular weight excluding hydrogens is 270 g/mol. The topological polar surface area (TPSA) is 72.6 Å². The lowest BCUT2D eigenvalue weighted by Gasteiger charge is -2.32. The average Bonchev–Trinajstić information content (AvgIpc) is 2.47. The number of ether oxygens (including phenoxy) is 1. The summed E-state index contributed by atoms with van der Waals surface area (Å²) in [5.74, 6) is 1.09. The van der Waals surface area contributed by atoms with Crippen LogP contribution in [-0.2, 0) is 0 Å². The average molecular weight is 293 g/mol. The van der Waals surface area contributed by atoms with E-state index in [1.165, 1.54) is 18.6 Å². The van der Waals surface area contributed by atoms with Crippen molar-refractivity contribution in [3.8, 4) is 5.75 Å². The Hall–Kier alpha value is -1.62. The quantitative estimate of drug-likeness (QED) is 0.658. The van der Waals surface area contributed by atoms with E-state index in [9.17, 15) is 15.2 Å². The Kier molecular flexibility index (Phi) is 5.17. The van der Waals surface area contributed by atoms with Gasteiger partial charge in [0, 0.05) is 17.7 Å². The van der Waals surface area contributed by atoms with Crippen molar-refractivity contribution in [2.45, 2.75) is 58.2 Å². The van der Waals surface area contributed by atoms with Crippen LogP contribution in [0.25, 0.3) is 0 Å². The molecule has 21 heavy (non-hydrogen) atoms. The molecule has 1 aromatic carbocycles. The minimum Gasteiger partial charge on any atom is -0.490 e.